The van der Waals surface area contributed by atoms with Gasteiger partial charge in [-0.15, -0.1) is 0 Å². The fraction of sp³-hybridized carbons (Fsp3) is 0.308. The average Bonchev–Trinajstić information content (AvgIpc) is 2.73. The van der Waals surface area contributed by atoms with Crippen LogP contribution in [0.3, 0.4) is 0 Å². The van der Waals surface area contributed by atoms with Crippen molar-refractivity contribution in [2.45, 2.75) is 51.9 Å². The summed E-state index contributed by atoms with van der Waals surface area (Å²) in [5.74, 6) is 0. The minimum atomic E-state index is 1.16. The smallest absolute Gasteiger partial charge is 0.0462 e. The number of rotatable bonds is 10. The molecule has 0 saturated carbocycles. The minimum Gasteiger partial charge on any atom is -0.311 e. The monoisotopic (exact) mass is 356 g/mol. The van der Waals surface area contributed by atoms with Crippen LogP contribution >= 0.6 is 0 Å². The number of hydrogen-bond acceptors (Lipinski definition) is 1. The van der Waals surface area contributed by atoms with E-state index in [-0.39, 0.29) is 0 Å². The highest BCUT2D eigenvalue weighted by Crippen LogP contribution is 2.34. The molecule has 0 amide bonds. The van der Waals surface area contributed by atoms with Crippen LogP contribution in [0.25, 0.3) is 0 Å². The molecule has 1 radical (unpaired) electrons. The molecule has 139 valence electrons. The lowest BCUT2D eigenvalue weighted by molar-refractivity contribution is 0.607. The molecule has 3 rings (SSSR count). The van der Waals surface area contributed by atoms with Crippen molar-refractivity contribution >= 4 is 17.1 Å². The zero-order chi connectivity index (χ0) is 18.7. The molecule has 1 heteroatoms. The van der Waals surface area contributed by atoms with Crippen LogP contribution in [0.2, 0.25) is 0 Å². The summed E-state index contributed by atoms with van der Waals surface area (Å²) in [6.45, 7) is 2.27. The third kappa shape index (κ3) is 5.72. The number of aryl methyl sites for hydroxylation is 1. The molecular weight excluding hydrogens is 326 g/mol. The molecule has 0 unspecified atom stereocenters. The fourth-order valence-corrected chi connectivity index (χ4v) is 3.47. The molecule has 3 aromatic carbocycles. The largest absolute Gasteiger partial charge is 0.311 e. The topological polar surface area (TPSA) is 3.24 Å². The summed E-state index contributed by atoms with van der Waals surface area (Å²) in [5, 5.41) is 0. The Labute approximate surface area is 164 Å². The third-order valence-electron chi connectivity index (χ3n) is 4.99. The first-order valence-corrected chi connectivity index (χ1v) is 10.3. The van der Waals surface area contributed by atoms with Gasteiger partial charge in [0, 0.05) is 17.1 Å². The van der Waals surface area contributed by atoms with E-state index < -0.39 is 0 Å². The van der Waals surface area contributed by atoms with Gasteiger partial charge in [-0.2, -0.15) is 0 Å². The molecule has 0 bridgehead atoms. The van der Waals surface area contributed by atoms with Crippen molar-refractivity contribution < 1.29 is 0 Å². The zero-order valence-electron chi connectivity index (χ0n) is 16.4. The predicted octanol–water partition coefficient (Wildman–Crippen LogP) is 7.86. The van der Waals surface area contributed by atoms with E-state index in [1.54, 1.807) is 0 Å². The second-order valence-electron chi connectivity index (χ2n) is 7.11. The van der Waals surface area contributed by atoms with Crippen molar-refractivity contribution in [1.82, 2.24) is 0 Å². The Morgan fingerprint density at radius 2 is 1.22 bits per heavy atom. The van der Waals surface area contributed by atoms with Crippen LogP contribution in [0.15, 0.2) is 78.9 Å². The first-order chi connectivity index (χ1) is 13.4. The Bertz CT molecular complexity index is 723. The van der Waals surface area contributed by atoms with Crippen molar-refractivity contribution in [3.05, 3.63) is 90.5 Å². The maximum absolute atomic E-state index is 3.11. The van der Waals surface area contributed by atoms with Gasteiger partial charge in [0.25, 0.3) is 0 Å². The molecule has 0 spiro atoms. The molecule has 0 aliphatic heterocycles. The molecule has 0 aliphatic rings. The van der Waals surface area contributed by atoms with E-state index in [2.05, 4.69) is 84.6 Å². The number of hydrogen-bond donors (Lipinski definition) is 0. The van der Waals surface area contributed by atoms with Gasteiger partial charge in [-0.05, 0) is 60.9 Å². The molecule has 0 fully saturated rings. The van der Waals surface area contributed by atoms with Gasteiger partial charge in [0.2, 0.25) is 0 Å². The first kappa shape index (κ1) is 19.2. The summed E-state index contributed by atoms with van der Waals surface area (Å²) in [7, 11) is 0. The van der Waals surface area contributed by atoms with E-state index >= 15 is 0 Å². The summed E-state index contributed by atoms with van der Waals surface area (Å²) in [4.78, 5) is 2.29. The molecule has 3 aromatic rings. The first-order valence-electron chi connectivity index (χ1n) is 10.3. The quantitative estimate of drug-likeness (QED) is 0.334. The Morgan fingerprint density at radius 1 is 0.630 bits per heavy atom. The molecule has 0 saturated heterocycles. The van der Waals surface area contributed by atoms with Crippen molar-refractivity contribution in [3.63, 3.8) is 0 Å². The highest BCUT2D eigenvalue weighted by Gasteiger charge is 2.11. The van der Waals surface area contributed by atoms with Gasteiger partial charge in [-0.25, -0.2) is 0 Å². The van der Waals surface area contributed by atoms with E-state index in [0.717, 1.165) is 5.69 Å². The normalized spacial score (nSPS) is 10.7. The Morgan fingerprint density at radius 3 is 1.93 bits per heavy atom. The average molecular weight is 357 g/mol. The van der Waals surface area contributed by atoms with Gasteiger partial charge in [0.05, 0.1) is 0 Å². The number of para-hydroxylation sites is 1. The lowest BCUT2D eigenvalue weighted by atomic mass is 10.0. The van der Waals surface area contributed by atoms with Crippen LogP contribution in [0.4, 0.5) is 17.1 Å². The highest BCUT2D eigenvalue weighted by atomic mass is 15.1. The Kier molecular flexibility index (Phi) is 7.53. The van der Waals surface area contributed by atoms with E-state index in [1.807, 2.05) is 12.1 Å². The molecule has 0 aromatic heterocycles. The van der Waals surface area contributed by atoms with Crippen LogP contribution in [-0.2, 0) is 6.42 Å². The minimum absolute atomic E-state index is 1.16. The molecule has 1 nitrogen and oxygen atoms in total. The van der Waals surface area contributed by atoms with Gasteiger partial charge < -0.3 is 4.90 Å². The van der Waals surface area contributed by atoms with Crippen LogP contribution in [-0.4, -0.2) is 0 Å². The lowest BCUT2D eigenvalue weighted by Gasteiger charge is -2.25. The zero-order valence-corrected chi connectivity index (χ0v) is 16.4. The summed E-state index contributed by atoms with van der Waals surface area (Å²) >= 11 is 0. The van der Waals surface area contributed by atoms with Crippen molar-refractivity contribution in [1.29, 1.82) is 0 Å². The molecule has 0 heterocycles. The molecule has 0 N–H and O–H groups in total. The molecule has 27 heavy (non-hydrogen) atoms. The Hall–Kier alpha value is -2.54. The van der Waals surface area contributed by atoms with E-state index in [9.17, 15) is 0 Å². The van der Waals surface area contributed by atoms with Gasteiger partial charge in [-0.1, -0.05) is 81.5 Å². The second-order valence-corrected chi connectivity index (χ2v) is 7.11. The highest BCUT2D eigenvalue weighted by molar-refractivity contribution is 5.76. The number of benzene rings is 3. The predicted molar refractivity (Wildman–Crippen MR) is 117 cm³/mol. The number of nitrogens with zero attached hydrogens (tertiary/aromatic N) is 1. The van der Waals surface area contributed by atoms with Crippen LogP contribution < -0.4 is 4.90 Å². The summed E-state index contributed by atoms with van der Waals surface area (Å²) < 4.78 is 0. The Balaban J connectivity index is 1.69. The van der Waals surface area contributed by atoms with Crippen molar-refractivity contribution in [3.8, 4) is 0 Å². The maximum atomic E-state index is 3.11. The third-order valence-corrected chi connectivity index (χ3v) is 4.99. The van der Waals surface area contributed by atoms with Crippen LogP contribution in [0.1, 0.15) is 51.0 Å². The van der Waals surface area contributed by atoms with Crippen molar-refractivity contribution in [2.24, 2.45) is 0 Å². The van der Waals surface area contributed by atoms with Crippen LogP contribution in [0.5, 0.6) is 0 Å². The van der Waals surface area contributed by atoms with Gasteiger partial charge in [0.1, 0.15) is 0 Å². The standard InChI is InChI=1S/C26H30N/c1-2-3-4-5-6-9-14-23-19-21-26(22-20-23)27(24-15-10-7-11-16-24)25-17-12-8-13-18-25/h7,10-13,15-22H,2-6,9,14H2,1H3. The maximum Gasteiger partial charge on any atom is 0.0462 e. The van der Waals surface area contributed by atoms with Gasteiger partial charge >= 0.3 is 0 Å². The van der Waals surface area contributed by atoms with Gasteiger partial charge in [0.15, 0.2) is 0 Å². The summed E-state index contributed by atoms with van der Waals surface area (Å²) in [5.41, 5.74) is 4.96. The van der Waals surface area contributed by atoms with E-state index in [1.165, 1.54) is 61.9 Å². The second kappa shape index (κ2) is 10.6. The van der Waals surface area contributed by atoms with E-state index in [0.29, 0.717) is 0 Å². The summed E-state index contributed by atoms with van der Waals surface area (Å²) in [6, 6.07) is 30.9. The lowest BCUT2D eigenvalue weighted by Crippen LogP contribution is -2.09. The molecule has 0 atom stereocenters. The van der Waals surface area contributed by atoms with Crippen molar-refractivity contribution in [2.75, 3.05) is 4.90 Å². The van der Waals surface area contributed by atoms with Crippen LogP contribution in [0, 0.1) is 6.07 Å². The number of unbranched alkanes of at least 4 members (excludes halogenated alkanes) is 5. The van der Waals surface area contributed by atoms with E-state index in [4.69, 9.17) is 0 Å². The fourth-order valence-electron chi connectivity index (χ4n) is 3.47. The SMILES string of the molecule is CCCCCCCCc1ccc(N(c2cc[c]cc2)c2ccccc2)cc1. The molecular formula is C26H30N. The molecule has 0 aliphatic carbocycles. The van der Waals surface area contributed by atoms with Gasteiger partial charge in [-0.3, -0.25) is 0 Å². The summed E-state index contributed by atoms with van der Waals surface area (Å²) in [6.07, 6.45) is 9.27. The number of anilines is 3.